The summed E-state index contributed by atoms with van der Waals surface area (Å²) in [5.74, 6) is -1.64. The number of carbonyl (C=O) groups excluding carboxylic acids is 2. The minimum Gasteiger partial charge on any atom is -0.352 e. The van der Waals surface area contributed by atoms with E-state index in [-0.39, 0.29) is 51.1 Å². The zero-order chi connectivity index (χ0) is 32.7. The van der Waals surface area contributed by atoms with Crippen LogP contribution in [0.1, 0.15) is 36.8 Å². The Morgan fingerprint density at radius 1 is 0.848 bits per heavy atom. The van der Waals surface area contributed by atoms with Gasteiger partial charge >= 0.3 is 0 Å². The predicted octanol–water partition coefficient (Wildman–Crippen LogP) is 7.03. The third kappa shape index (κ3) is 8.26. The molecule has 2 amide bonds. The molecule has 4 aromatic rings. The predicted molar refractivity (Wildman–Crippen MR) is 179 cm³/mol. The van der Waals surface area contributed by atoms with Crippen molar-refractivity contribution in [2.75, 3.05) is 10.8 Å². The minimum atomic E-state index is -4.33. The van der Waals surface area contributed by atoms with Gasteiger partial charge in [0.05, 0.1) is 10.6 Å². The SMILES string of the molecule is O=C(NC1CCCC1)[C@H](Cc1ccccc1)N(Cc1ccccc1F)C(=O)CN(c1cc(Cl)cc(Cl)c1)S(=O)(=O)c1ccccc1. The third-order valence-electron chi connectivity index (χ3n) is 8.02. The van der Waals surface area contributed by atoms with Crippen molar-refractivity contribution < 1.29 is 22.4 Å². The first-order chi connectivity index (χ1) is 22.1. The molecule has 1 atom stereocenters. The van der Waals surface area contributed by atoms with Crippen LogP contribution in [0.2, 0.25) is 10.0 Å². The molecule has 0 bridgehead atoms. The summed E-state index contributed by atoms with van der Waals surface area (Å²) in [4.78, 5) is 29.8. The summed E-state index contributed by atoms with van der Waals surface area (Å²) in [5, 5.41) is 3.44. The molecule has 0 aliphatic heterocycles. The van der Waals surface area contributed by atoms with Crippen molar-refractivity contribution in [3.05, 3.63) is 130 Å². The van der Waals surface area contributed by atoms with E-state index in [1.54, 1.807) is 30.3 Å². The average Bonchev–Trinajstić information content (AvgIpc) is 3.55. The Morgan fingerprint density at radius 2 is 1.43 bits per heavy atom. The molecule has 5 rings (SSSR count). The van der Waals surface area contributed by atoms with Crippen molar-refractivity contribution in [3.63, 3.8) is 0 Å². The van der Waals surface area contributed by atoms with Gasteiger partial charge in [0.1, 0.15) is 18.4 Å². The van der Waals surface area contributed by atoms with Crippen LogP contribution in [0.5, 0.6) is 0 Å². The molecule has 1 aliphatic rings. The van der Waals surface area contributed by atoms with Crippen LogP contribution in [0.15, 0.2) is 108 Å². The Morgan fingerprint density at radius 3 is 2.07 bits per heavy atom. The molecule has 0 radical (unpaired) electrons. The Bertz CT molecular complexity index is 1750. The van der Waals surface area contributed by atoms with Crippen LogP contribution in [0.4, 0.5) is 10.1 Å². The number of rotatable bonds is 12. The molecule has 1 fully saturated rings. The standard InChI is InChI=1S/C35H34Cl2FN3O4S/c36-27-20-28(37)22-30(21-27)41(46(44,45)31-16-5-2-6-17-31)24-34(42)40(23-26-13-7-10-18-32(26)38)33(19-25-11-3-1-4-12-25)35(43)39-29-14-8-9-15-29/h1-7,10-13,16-18,20-22,29,33H,8-9,14-15,19,23-24H2,(H,39,43)/t33-/m0/s1. The summed E-state index contributed by atoms with van der Waals surface area (Å²) in [6.07, 6.45) is 3.75. The van der Waals surface area contributed by atoms with Crippen molar-refractivity contribution in [1.29, 1.82) is 0 Å². The summed E-state index contributed by atoms with van der Waals surface area (Å²) in [6.45, 7) is -0.971. The number of halogens is 3. The molecular weight excluding hydrogens is 648 g/mol. The van der Waals surface area contributed by atoms with Gasteiger partial charge in [-0.25, -0.2) is 12.8 Å². The molecule has 0 unspecified atom stereocenters. The van der Waals surface area contributed by atoms with E-state index < -0.39 is 34.3 Å². The van der Waals surface area contributed by atoms with Crippen LogP contribution in [0.25, 0.3) is 0 Å². The first kappa shape index (κ1) is 33.4. The van der Waals surface area contributed by atoms with Crippen molar-refractivity contribution in [2.45, 2.75) is 55.6 Å². The fraction of sp³-hybridized carbons (Fsp3) is 0.257. The van der Waals surface area contributed by atoms with Gasteiger partial charge in [0.25, 0.3) is 10.0 Å². The Hall–Kier alpha value is -3.92. The van der Waals surface area contributed by atoms with Gasteiger partial charge in [0, 0.05) is 34.6 Å². The molecule has 1 saturated carbocycles. The molecule has 0 saturated heterocycles. The van der Waals surface area contributed by atoms with Crippen molar-refractivity contribution in [3.8, 4) is 0 Å². The topological polar surface area (TPSA) is 86.8 Å². The fourth-order valence-electron chi connectivity index (χ4n) is 5.66. The molecule has 11 heteroatoms. The fourth-order valence-corrected chi connectivity index (χ4v) is 7.60. The van der Waals surface area contributed by atoms with Gasteiger partial charge in [-0.3, -0.25) is 13.9 Å². The number of benzene rings is 4. The maximum atomic E-state index is 15.1. The van der Waals surface area contributed by atoms with E-state index in [0.29, 0.717) is 0 Å². The number of sulfonamides is 1. The van der Waals surface area contributed by atoms with Crippen LogP contribution in [-0.4, -0.2) is 43.8 Å². The Labute approximate surface area is 279 Å². The van der Waals surface area contributed by atoms with Crippen LogP contribution in [0, 0.1) is 5.82 Å². The molecule has 0 aromatic heterocycles. The van der Waals surface area contributed by atoms with E-state index in [0.717, 1.165) is 35.6 Å². The average molecular weight is 683 g/mol. The monoisotopic (exact) mass is 681 g/mol. The van der Waals surface area contributed by atoms with E-state index in [1.807, 2.05) is 30.3 Å². The number of hydrogen-bond acceptors (Lipinski definition) is 4. The van der Waals surface area contributed by atoms with Gasteiger partial charge in [0.15, 0.2) is 0 Å². The molecule has 4 aromatic carbocycles. The largest absolute Gasteiger partial charge is 0.352 e. The smallest absolute Gasteiger partial charge is 0.264 e. The molecule has 0 heterocycles. The van der Waals surface area contributed by atoms with Crippen LogP contribution in [0.3, 0.4) is 0 Å². The molecule has 7 nitrogen and oxygen atoms in total. The quantitative estimate of drug-likeness (QED) is 0.174. The van der Waals surface area contributed by atoms with Crippen LogP contribution < -0.4 is 9.62 Å². The molecular formula is C35H34Cl2FN3O4S. The normalized spacial score (nSPS) is 14.1. The lowest BCUT2D eigenvalue weighted by Crippen LogP contribution is -2.54. The second-order valence-corrected chi connectivity index (χ2v) is 14.0. The molecule has 46 heavy (non-hydrogen) atoms. The first-order valence-electron chi connectivity index (χ1n) is 15.0. The number of nitrogens with one attached hydrogen (secondary N) is 1. The molecule has 1 N–H and O–H groups in total. The lowest BCUT2D eigenvalue weighted by Gasteiger charge is -2.34. The van der Waals surface area contributed by atoms with Crippen molar-refractivity contribution >= 4 is 50.7 Å². The van der Waals surface area contributed by atoms with Gasteiger partial charge in [-0.1, -0.05) is 103 Å². The highest BCUT2D eigenvalue weighted by atomic mass is 35.5. The minimum absolute atomic E-state index is 0.0419. The molecule has 0 spiro atoms. The second-order valence-electron chi connectivity index (χ2n) is 11.3. The van der Waals surface area contributed by atoms with Gasteiger partial charge in [-0.2, -0.15) is 0 Å². The van der Waals surface area contributed by atoms with Crippen molar-refractivity contribution in [2.24, 2.45) is 0 Å². The third-order valence-corrected chi connectivity index (χ3v) is 10.2. The molecule has 240 valence electrons. The number of hydrogen-bond donors (Lipinski definition) is 1. The van der Waals surface area contributed by atoms with E-state index in [1.165, 1.54) is 47.4 Å². The van der Waals surface area contributed by atoms with Gasteiger partial charge in [-0.05, 0) is 54.8 Å². The summed E-state index contributed by atoms with van der Waals surface area (Å²) in [6, 6.07) is 26.0. The number of carbonyl (C=O) groups is 2. The van der Waals surface area contributed by atoms with E-state index in [2.05, 4.69) is 5.32 Å². The van der Waals surface area contributed by atoms with Gasteiger partial charge in [0.2, 0.25) is 11.8 Å². The summed E-state index contributed by atoms with van der Waals surface area (Å²) in [7, 11) is -4.33. The van der Waals surface area contributed by atoms with Crippen LogP contribution in [-0.2, 0) is 32.6 Å². The van der Waals surface area contributed by atoms with E-state index in [4.69, 9.17) is 23.2 Å². The highest BCUT2D eigenvalue weighted by Gasteiger charge is 2.36. The lowest BCUT2D eigenvalue weighted by atomic mass is 10.0. The number of nitrogens with zero attached hydrogens (tertiary/aromatic N) is 2. The summed E-state index contributed by atoms with van der Waals surface area (Å²) in [5.41, 5.74) is 1.04. The highest BCUT2D eigenvalue weighted by Crippen LogP contribution is 2.30. The zero-order valence-corrected chi connectivity index (χ0v) is 27.3. The summed E-state index contributed by atoms with van der Waals surface area (Å²) < 4.78 is 44.2. The maximum absolute atomic E-state index is 15.1. The van der Waals surface area contributed by atoms with E-state index in [9.17, 15) is 18.0 Å². The second kappa shape index (κ2) is 15.1. The number of anilines is 1. The number of amides is 2. The van der Waals surface area contributed by atoms with E-state index >= 15 is 4.39 Å². The Balaban J connectivity index is 1.59. The zero-order valence-electron chi connectivity index (χ0n) is 25.0. The Kier molecular flexibility index (Phi) is 11.0. The van der Waals surface area contributed by atoms with Crippen LogP contribution >= 0.6 is 23.2 Å². The lowest BCUT2D eigenvalue weighted by molar-refractivity contribution is -0.140. The summed E-state index contributed by atoms with van der Waals surface area (Å²) >= 11 is 12.6. The van der Waals surface area contributed by atoms with Gasteiger partial charge < -0.3 is 10.2 Å². The first-order valence-corrected chi connectivity index (χ1v) is 17.2. The van der Waals surface area contributed by atoms with Gasteiger partial charge in [-0.15, -0.1) is 0 Å². The molecule has 1 aliphatic carbocycles. The van der Waals surface area contributed by atoms with Crippen molar-refractivity contribution in [1.82, 2.24) is 10.2 Å². The maximum Gasteiger partial charge on any atom is 0.264 e. The highest BCUT2D eigenvalue weighted by molar-refractivity contribution is 7.92.